The van der Waals surface area contributed by atoms with E-state index in [1.54, 1.807) is 4.90 Å². The van der Waals surface area contributed by atoms with E-state index < -0.39 is 5.60 Å². The quantitative estimate of drug-likeness (QED) is 0.405. The molecule has 0 aromatic rings. The summed E-state index contributed by atoms with van der Waals surface area (Å²) in [6.07, 6.45) is 10.00. The number of nitrogens with zero attached hydrogens (tertiary/aromatic N) is 3. The van der Waals surface area contributed by atoms with Gasteiger partial charge in [-0.15, -0.1) is 0 Å². The Kier molecular flexibility index (Phi) is 9.35. The molecule has 7 nitrogen and oxygen atoms in total. The van der Waals surface area contributed by atoms with Gasteiger partial charge >= 0.3 is 6.09 Å². The highest BCUT2D eigenvalue weighted by atomic mass is 16.6. The van der Waals surface area contributed by atoms with E-state index in [1.807, 2.05) is 25.7 Å². The first kappa shape index (κ1) is 22.8. The third-order valence-electron chi connectivity index (χ3n) is 5.24. The largest absolute Gasteiger partial charge is 0.444 e. The van der Waals surface area contributed by atoms with Gasteiger partial charge in [0.05, 0.1) is 6.10 Å². The van der Waals surface area contributed by atoms with Crippen molar-refractivity contribution in [3.05, 3.63) is 0 Å². The molecule has 162 valence electrons. The lowest BCUT2D eigenvalue weighted by Gasteiger charge is -2.36. The van der Waals surface area contributed by atoms with E-state index >= 15 is 0 Å². The van der Waals surface area contributed by atoms with E-state index in [0.717, 1.165) is 32.4 Å². The van der Waals surface area contributed by atoms with E-state index in [0.29, 0.717) is 38.2 Å². The molecule has 1 saturated carbocycles. The van der Waals surface area contributed by atoms with E-state index in [9.17, 15) is 4.79 Å². The Bertz CT molecular complexity index is 490. The van der Waals surface area contributed by atoms with Crippen LogP contribution in [0.15, 0.2) is 4.99 Å². The van der Waals surface area contributed by atoms with Crippen LogP contribution in [0.3, 0.4) is 0 Å². The molecule has 0 bridgehead atoms. The lowest BCUT2D eigenvalue weighted by atomic mass is 9.98. The van der Waals surface area contributed by atoms with Gasteiger partial charge in [0.2, 0.25) is 0 Å². The molecule has 1 amide bonds. The Labute approximate surface area is 170 Å². The van der Waals surface area contributed by atoms with Crippen molar-refractivity contribution in [3.63, 3.8) is 0 Å². The van der Waals surface area contributed by atoms with Crippen LogP contribution in [0.2, 0.25) is 0 Å². The molecule has 0 radical (unpaired) electrons. The van der Waals surface area contributed by atoms with Crippen molar-refractivity contribution < 1.29 is 14.3 Å². The molecule has 7 heteroatoms. The molecule has 1 aliphatic carbocycles. The molecule has 2 fully saturated rings. The lowest BCUT2D eigenvalue weighted by Crippen LogP contribution is -2.53. The third-order valence-corrected chi connectivity index (χ3v) is 5.24. The minimum Gasteiger partial charge on any atom is -0.444 e. The predicted molar refractivity (Wildman–Crippen MR) is 113 cm³/mol. The SMILES string of the molecule is CC(C)(C)OC(=O)N1CCN(C(N)=NCCCCCOC2CCCCC2)CC1. The number of unbranched alkanes of at least 4 members (excludes halogenated alkanes) is 2. The standard InChI is InChI=1S/C21H40N4O3/c1-21(2,3)28-20(26)25-15-13-24(14-16-25)19(22)23-12-8-5-9-17-27-18-10-6-4-7-11-18/h18H,4-17H2,1-3H3,(H2,22,23). The Morgan fingerprint density at radius 3 is 2.29 bits per heavy atom. The topological polar surface area (TPSA) is 80.4 Å². The number of aliphatic imine (C=N–C) groups is 1. The molecule has 1 heterocycles. The highest BCUT2D eigenvalue weighted by molar-refractivity contribution is 5.78. The maximum absolute atomic E-state index is 12.1. The van der Waals surface area contributed by atoms with Crippen LogP contribution in [0.1, 0.15) is 72.1 Å². The fourth-order valence-corrected chi connectivity index (χ4v) is 3.61. The van der Waals surface area contributed by atoms with Gasteiger partial charge in [-0.2, -0.15) is 0 Å². The number of nitrogens with two attached hydrogens (primary N) is 1. The van der Waals surface area contributed by atoms with Crippen molar-refractivity contribution in [2.75, 3.05) is 39.3 Å². The summed E-state index contributed by atoms with van der Waals surface area (Å²) in [7, 11) is 0. The van der Waals surface area contributed by atoms with Gasteiger partial charge in [0.25, 0.3) is 0 Å². The number of hydrogen-bond donors (Lipinski definition) is 1. The van der Waals surface area contributed by atoms with Gasteiger partial charge in [0, 0.05) is 39.3 Å². The van der Waals surface area contributed by atoms with Crippen LogP contribution < -0.4 is 5.73 Å². The molecular formula is C21H40N4O3. The van der Waals surface area contributed by atoms with Crippen LogP contribution in [0.5, 0.6) is 0 Å². The summed E-state index contributed by atoms with van der Waals surface area (Å²) in [5.74, 6) is 0.585. The van der Waals surface area contributed by atoms with Crippen molar-refractivity contribution in [2.24, 2.45) is 10.7 Å². The van der Waals surface area contributed by atoms with Gasteiger partial charge in [-0.05, 0) is 52.9 Å². The second-order valence-electron chi connectivity index (χ2n) is 8.89. The maximum atomic E-state index is 12.1. The van der Waals surface area contributed by atoms with Crippen LogP contribution in [0.25, 0.3) is 0 Å². The number of carbonyl (C=O) groups excluding carboxylic acids is 1. The van der Waals surface area contributed by atoms with E-state index in [2.05, 4.69) is 4.99 Å². The smallest absolute Gasteiger partial charge is 0.410 e. The zero-order valence-corrected chi connectivity index (χ0v) is 18.1. The van der Waals surface area contributed by atoms with Crippen molar-refractivity contribution in [3.8, 4) is 0 Å². The number of piperazine rings is 1. The van der Waals surface area contributed by atoms with E-state index in [1.165, 1.54) is 32.1 Å². The molecule has 0 aromatic heterocycles. The minimum absolute atomic E-state index is 0.252. The Morgan fingerprint density at radius 1 is 1.00 bits per heavy atom. The first-order valence-corrected chi connectivity index (χ1v) is 11.0. The van der Waals surface area contributed by atoms with Gasteiger partial charge in [-0.3, -0.25) is 4.99 Å². The van der Waals surface area contributed by atoms with Gasteiger partial charge in [0.1, 0.15) is 5.60 Å². The highest BCUT2D eigenvalue weighted by Gasteiger charge is 2.26. The van der Waals surface area contributed by atoms with Crippen molar-refractivity contribution in [1.82, 2.24) is 9.80 Å². The lowest BCUT2D eigenvalue weighted by molar-refractivity contribution is 0.0186. The van der Waals surface area contributed by atoms with Gasteiger partial charge in [-0.1, -0.05) is 19.3 Å². The predicted octanol–water partition coefficient (Wildman–Crippen LogP) is 3.37. The first-order valence-electron chi connectivity index (χ1n) is 11.0. The fraction of sp³-hybridized carbons (Fsp3) is 0.905. The minimum atomic E-state index is -0.462. The summed E-state index contributed by atoms with van der Waals surface area (Å²) >= 11 is 0. The highest BCUT2D eigenvalue weighted by Crippen LogP contribution is 2.20. The maximum Gasteiger partial charge on any atom is 0.410 e. The number of amides is 1. The van der Waals surface area contributed by atoms with Crippen molar-refractivity contribution in [1.29, 1.82) is 0 Å². The van der Waals surface area contributed by atoms with Gasteiger partial charge < -0.3 is 25.0 Å². The van der Waals surface area contributed by atoms with E-state index in [-0.39, 0.29) is 6.09 Å². The summed E-state index contributed by atoms with van der Waals surface area (Å²) < 4.78 is 11.4. The van der Waals surface area contributed by atoms with Gasteiger partial charge in [0.15, 0.2) is 5.96 Å². The van der Waals surface area contributed by atoms with Crippen LogP contribution in [-0.4, -0.2) is 72.9 Å². The monoisotopic (exact) mass is 396 g/mol. The molecule has 2 aliphatic rings. The molecule has 0 spiro atoms. The second-order valence-corrected chi connectivity index (χ2v) is 8.89. The second kappa shape index (κ2) is 11.5. The summed E-state index contributed by atoms with van der Waals surface area (Å²) in [5, 5.41) is 0. The molecule has 0 atom stereocenters. The van der Waals surface area contributed by atoms with Crippen LogP contribution in [0, 0.1) is 0 Å². The normalized spacial score (nSPS) is 19.8. The first-order chi connectivity index (χ1) is 13.3. The summed E-state index contributed by atoms with van der Waals surface area (Å²) in [6.45, 7) is 9.90. The van der Waals surface area contributed by atoms with Gasteiger partial charge in [-0.25, -0.2) is 4.79 Å². The summed E-state index contributed by atoms with van der Waals surface area (Å²) in [4.78, 5) is 20.4. The molecule has 1 saturated heterocycles. The van der Waals surface area contributed by atoms with Crippen molar-refractivity contribution >= 4 is 12.1 Å². The molecule has 0 unspecified atom stereocenters. The fourth-order valence-electron chi connectivity index (χ4n) is 3.61. The summed E-state index contributed by atoms with van der Waals surface area (Å²) in [5.41, 5.74) is 5.66. The molecular weight excluding hydrogens is 356 g/mol. The summed E-state index contributed by atoms with van der Waals surface area (Å²) in [6, 6.07) is 0. The average Bonchev–Trinajstić information content (AvgIpc) is 2.66. The zero-order chi connectivity index (χ0) is 20.4. The number of carbonyl (C=O) groups is 1. The Balaban J connectivity index is 1.54. The number of hydrogen-bond acceptors (Lipinski definition) is 4. The average molecular weight is 397 g/mol. The van der Waals surface area contributed by atoms with Crippen molar-refractivity contribution in [2.45, 2.75) is 83.8 Å². The number of ether oxygens (including phenoxy) is 2. The molecule has 0 aromatic carbocycles. The molecule has 2 rings (SSSR count). The molecule has 1 aliphatic heterocycles. The number of rotatable bonds is 7. The Hall–Kier alpha value is -1.50. The zero-order valence-electron chi connectivity index (χ0n) is 18.1. The molecule has 2 N–H and O–H groups in total. The van der Waals surface area contributed by atoms with Crippen LogP contribution in [-0.2, 0) is 9.47 Å². The Morgan fingerprint density at radius 2 is 1.64 bits per heavy atom. The van der Waals surface area contributed by atoms with E-state index in [4.69, 9.17) is 15.2 Å². The van der Waals surface area contributed by atoms with Crippen LogP contribution in [0.4, 0.5) is 4.79 Å². The molecule has 28 heavy (non-hydrogen) atoms. The third kappa shape index (κ3) is 8.67. The number of guanidine groups is 1. The van der Waals surface area contributed by atoms with Crippen LogP contribution >= 0.6 is 0 Å².